The molecule has 0 saturated carbocycles. The third kappa shape index (κ3) is 4.66. The third-order valence-electron chi connectivity index (χ3n) is 4.10. The number of carbonyl (C=O) groups excluding carboxylic acids is 2. The molecule has 1 aromatic heterocycles. The molecule has 0 spiro atoms. The molecular weight excluding hydrogens is 386 g/mol. The van der Waals surface area contributed by atoms with Gasteiger partial charge in [0.05, 0.1) is 5.39 Å². The summed E-state index contributed by atoms with van der Waals surface area (Å²) in [5.74, 6) is -1.95. The number of ketones is 1. The number of ether oxygens (including phenoxy) is 2. The van der Waals surface area contributed by atoms with E-state index in [0.717, 1.165) is 11.6 Å². The normalized spacial score (nSPS) is 12.0. The molecule has 29 heavy (non-hydrogen) atoms. The first-order valence-electron chi connectivity index (χ1n) is 8.59. The summed E-state index contributed by atoms with van der Waals surface area (Å²) in [4.78, 5) is 36.9. The van der Waals surface area contributed by atoms with Gasteiger partial charge >= 0.3 is 12.6 Å². The van der Waals surface area contributed by atoms with E-state index in [2.05, 4.69) is 4.74 Å². The molecule has 150 valence electrons. The third-order valence-corrected chi connectivity index (χ3v) is 4.10. The number of fused-ring (bicyclic) bond motifs is 1. The summed E-state index contributed by atoms with van der Waals surface area (Å²) in [6.45, 7) is 0.198. The minimum atomic E-state index is -2.98. The van der Waals surface area contributed by atoms with Gasteiger partial charge in [-0.05, 0) is 50.2 Å². The van der Waals surface area contributed by atoms with Gasteiger partial charge in [-0.2, -0.15) is 8.78 Å². The molecule has 0 fully saturated rings. The second-order valence-corrected chi connectivity index (χ2v) is 6.29. The Hall–Kier alpha value is -3.55. The van der Waals surface area contributed by atoms with Crippen molar-refractivity contribution in [3.05, 3.63) is 75.6 Å². The highest BCUT2D eigenvalue weighted by Crippen LogP contribution is 2.18. The highest BCUT2D eigenvalue weighted by Gasteiger charge is 2.23. The number of aryl methyl sites for hydroxylation is 1. The van der Waals surface area contributed by atoms with Gasteiger partial charge in [-0.15, -0.1) is 0 Å². The molecule has 6 nitrogen and oxygen atoms in total. The molecular formula is C21H16F2O6. The second kappa shape index (κ2) is 8.22. The molecule has 3 aromatic rings. The van der Waals surface area contributed by atoms with Crippen molar-refractivity contribution in [2.24, 2.45) is 0 Å². The summed E-state index contributed by atoms with van der Waals surface area (Å²) in [5.41, 5.74) is 0.825. The smallest absolute Gasteiger partial charge is 0.387 e. The van der Waals surface area contributed by atoms with E-state index in [1.807, 2.05) is 6.92 Å². The summed E-state index contributed by atoms with van der Waals surface area (Å²) >= 11 is 0. The first kappa shape index (κ1) is 20.2. The molecule has 3 rings (SSSR count). The maximum Gasteiger partial charge on any atom is 0.387 e. The lowest BCUT2D eigenvalue weighted by Gasteiger charge is -2.12. The molecule has 8 heteroatoms. The number of hydrogen-bond acceptors (Lipinski definition) is 6. The van der Waals surface area contributed by atoms with E-state index in [1.54, 1.807) is 18.2 Å². The maximum atomic E-state index is 12.4. The first-order valence-corrected chi connectivity index (χ1v) is 8.59. The van der Waals surface area contributed by atoms with Gasteiger partial charge in [0.2, 0.25) is 11.5 Å². The fourth-order valence-electron chi connectivity index (χ4n) is 2.68. The Balaban J connectivity index is 1.74. The van der Waals surface area contributed by atoms with Crippen LogP contribution in [0.2, 0.25) is 0 Å². The van der Waals surface area contributed by atoms with Gasteiger partial charge in [-0.1, -0.05) is 11.6 Å². The fraction of sp³-hybridized carbons (Fsp3) is 0.190. The largest absolute Gasteiger partial charge is 0.449 e. The van der Waals surface area contributed by atoms with Crippen molar-refractivity contribution >= 4 is 22.7 Å². The van der Waals surface area contributed by atoms with Crippen LogP contribution in [-0.4, -0.2) is 24.5 Å². The minimum absolute atomic E-state index is 0.102. The predicted molar refractivity (Wildman–Crippen MR) is 99.5 cm³/mol. The van der Waals surface area contributed by atoms with Gasteiger partial charge < -0.3 is 13.9 Å². The van der Waals surface area contributed by atoms with Crippen molar-refractivity contribution in [3.63, 3.8) is 0 Å². The number of Topliss-reactive ketones (excluding diaryl/α,β-unsaturated/α-hetero) is 1. The summed E-state index contributed by atoms with van der Waals surface area (Å²) < 4.78 is 39.1. The van der Waals surface area contributed by atoms with E-state index in [0.29, 0.717) is 5.39 Å². The van der Waals surface area contributed by atoms with Crippen LogP contribution in [0.4, 0.5) is 8.78 Å². The Morgan fingerprint density at radius 1 is 1.03 bits per heavy atom. The molecule has 1 atom stereocenters. The molecule has 2 aromatic carbocycles. The molecule has 0 aliphatic heterocycles. The number of carbonyl (C=O) groups is 2. The van der Waals surface area contributed by atoms with Crippen LogP contribution in [0, 0.1) is 6.92 Å². The number of alkyl halides is 2. The van der Waals surface area contributed by atoms with Crippen LogP contribution >= 0.6 is 0 Å². The molecule has 0 radical (unpaired) electrons. The van der Waals surface area contributed by atoms with E-state index in [-0.39, 0.29) is 22.7 Å². The highest BCUT2D eigenvalue weighted by atomic mass is 19.3. The van der Waals surface area contributed by atoms with E-state index >= 15 is 0 Å². The summed E-state index contributed by atoms with van der Waals surface area (Å²) in [7, 11) is 0. The average molecular weight is 402 g/mol. The van der Waals surface area contributed by atoms with E-state index in [9.17, 15) is 23.2 Å². The summed E-state index contributed by atoms with van der Waals surface area (Å²) in [6.07, 6.45) is -1.19. The Bertz CT molecular complexity index is 1120. The van der Waals surface area contributed by atoms with Gasteiger partial charge in [0, 0.05) is 11.6 Å². The molecule has 0 aliphatic carbocycles. The Labute approximate surface area is 163 Å². The average Bonchev–Trinajstić information content (AvgIpc) is 2.67. The van der Waals surface area contributed by atoms with Crippen molar-refractivity contribution in [3.8, 4) is 5.75 Å². The summed E-state index contributed by atoms with van der Waals surface area (Å²) in [5, 5.41) is 0.330. The molecule has 0 saturated heterocycles. The monoisotopic (exact) mass is 402 g/mol. The topological polar surface area (TPSA) is 82.8 Å². The van der Waals surface area contributed by atoms with Gasteiger partial charge in [0.25, 0.3) is 0 Å². The molecule has 0 unspecified atom stereocenters. The molecule has 0 amide bonds. The number of benzene rings is 2. The van der Waals surface area contributed by atoms with Crippen LogP contribution in [0.15, 0.2) is 57.7 Å². The highest BCUT2D eigenvalue weighted by molar-refractivity contribution is 6.01. The molecule has 0 aliphatic rings. The van der Waals surface area contributed by atoms with Crippen LogP contribution < -0.4 is 10.2 Å². The van der Waals surface area contributed by atoms with Crippen LogP contribution in [-0.2, 0) is 4.74 Å². The Morgan fingerprint density at radius 3 is 2.38 bits per heavy atom. The van der Waals surface area contributed by atoms with E-state index in [4.69, 9.17) is 9.15 Å². The maximum absolute atomic E-state index is 12.4. The van der Waals surface area contributed by atoms with Crippen LogP contribution in [0.3, 0.4) is 0 Å². The lowest BCUT2D eigenvalue weighted by molar-refractivity contribution is -0.0498. The molecule has 1 heterocycles. The van der Waals surface area contributed by atoms with E-state index in [1.165, 1.54) is 31.2 Å². The van der Waals surface area contributed by atoms with Gasteiger partial charge in [-0.3, -0.25) is 9.59 Å². The summed E-state index contributed by atoms with van der Waals surface area (Å²) in [6, 6.07) is 10.9. The second-order valence-electron chi connectivity index (χ2n) is 6.29. The van der Waals surface area contributed by atoms with Gasteiger partial charge in [0.1, 0.15) is 11.3 Å². The van der Waals surface area contributed by atoms with Gasteiger partial charge in [0.15, 0.2) is 11.5 Å². The zero-order chi connectivity index (χ0) is 21.1. The predicted octanol–water partition coefficient (Wildman–Crippen LogP) is 4.13. The fourth-order valence-corrected chi connectivity index (χ4v) is 2.68. The van der Waals surface area contributed by atoms with Crippen molar-refractivity contribution < 1.29 is 32.3 Å². The van der Waals surface area contributed by atoms with Crippen LogP contribution in [0.5, 0.6) is 5.75 Å². The van der Waals surface area contributed by atoms with E-state index < -0.39 is 29.9 Å². The van der Waals surface area contributed by atoms with Crippen molar-refractivity contribution in [1.29, 1.82) is 0 Å². The zero-order valence-electron chi connectivity index (χ0n) is 15.5. The number of halogens is 2. The van der Waals surface area contributed by atoms with Crippen molar-refractivity contribution in [2.75, 3.05) is 0 Å². The lowest BCUT2D eigenvalue weighted by Crippen LogP contribution is -2.25. The molecule has 0 N–H and O–H groups in total. The SMILES string of the molecule is Cc1ccc2oc(C(=O)O[C@@H](C)C(=O)c3ccc(OC(F)F)cc3)cc(=O)c2c1. The lowest BCUT2D eigenvalue weighted by atomic mass is 10.1. The van der Waals surface area contributed by atoms with Crippen molar-refractivity contribution in [2.45, 2.75) is 26.6 Å². The van der Waals surface area contributed by atoms with Crippen LogP contribution in [0.25, 0.3) is 11.0 Å². The zero-order valence-corrected chi connectivity index (χ0v) is 15.5. The minimum Gasteiger partial charge on any atom is -0.449 e. The van der Waals surface area contributed by atoms with Crippen molar-refractivity contribution in [1.82, 2.24) is 0 Å². The Morgan fingerprint density at radius 2 is 1.72 bits per heavy atom. The standard InChI is InChI=1S/C21H16F2O6/c1-11-3-8-17-15(9-11)16(24)10-18(29-17)20(26)27-12(2)19(25)13-4-6-14(7-5-13)28-21(22)23/h3-10,12,21H,1-2H3/t12-/m0/s1. The first-order chi connectivity index (χ1) is 13.7. The Kier molecular flexibility index (Phi) is 5.72. The number of hydrogen-bond donors (Lipinski definition) is 0. The quantitative estimate of drug-likeness (QED) is 0.455. The molecule has 0 bridgehead atoms. The number of esters is 1. The number of rotatable bonds is 6. The van der Waals surface area contributed by atoms with Gasteiger partial charge in [-0.25, -0.2) is 4.79 Å². The van der Waals surface area contributed by atoms with Crippen LogP contribution in [0.1, 0.15) is 33.4 Å².